The van der Waals surface area contributed by atoms with E-state index in [-0.39, 0.29) is 5.91 Å². The van der Waals surface area contributed by atoms with Crippen LogP contribution in [-0.2, 0) is 11.3 Å². The molecule has 3 aromatic carbocycles. The van der Waals surface area contributed by atoms with Crippen LogP contribution < -0.4 is 9.54 Å². The molecule has 0 aliphatic carbocycles. The number of carbonyl (C=O) groups is 1. The summed E-state index contributed by atoms with van der Waals surface area (Å²) >= 11 is 7.88. The fourth-order valence-corrected chi connectivity index (χ4v) is 4.59. The number of carbonyl (C=O) groups excluding carboxylic acids is 1. The van der Waals surface area contributed by atoms with Gasteiger partial charge in [0.1, 0.15) is 11.5 Å². The van der Waals surface area contributed by atoms with Crippen molar-refractivity contribution < 1.29 is 14.3 Å². The Kier molecular flexibility index (Phi) is 6.82. The molecule has 0 spiro atoms. The number of rotatable bonds is 7. The summed E-state index contributed by atoms with van der Waals surface area (Å²) < 4.78 is 14.4. The number of hydrogen-bond acceptors (Lipinski definition) is 4. The van der Waals surface area contributed by atoms with Crippen LogP contribution in [0, 0.1) is 0 Å². The molecule has 0 bridgehead atoms. The molecule has 1 amide bonds. The normalized spacial score (nSPS) is 11.7. The Morgan fingerprint density at radius 3 is 2.61 bits per heavy atom. The van der Waals surface area contributed by atoms with Crippen molar-refractivity contribution in [2.45, 2.75) is 13.5 Å². The van der Waals surface area contributed by atoms with Crippen LogP contribution in [0.3, 0.4) is 0 Å². The summed E-state index contributed by atoms with van der Waals surface area (Å²) in [6.07, 6.45) is 0. The second-order valence-corrected chi connectivity index (χ2v) is 8.06. The lowest BCUT2D eigenvalue weighted by Crippen LogP contribution is -2.20. The molecule has 0 N–H and O–H groups in total. The molecule has 0 aliphatic heterocycles. The van der Waals surface area contributed by atoms with Crippen molar-refractivity contribution in [3.8, 4) is 11.5 Å². The van der Waals surface area contributed by atoms with Crippen LogP contribution >= 0.6 is 22.9 Å². The molecule has 7 heteroatoms. The Labute approximate surface area is 189 Å². The third-order valence-electron chi connectivity index (χ3n) is 4.60. The standard InChI is InChI=1S/C24H21ClN2O3S/c1-2-29-16-15-27-22-19(25)12-8-14-21(22)31-24(27)26-23(28)18-11-6-7-13-20(18)30-17-9-4-3-5-10-17/h3-14H,2,15-16H2,1H3. The Morgan fingerprint density at radius 1 is 1.03 bits per heavy atom. The van der Waals surface area contributed by atoms with Crippen molar-refractivity contribution in [1.82, 2.24) is 4.57 Å². The zero-order valence-corrected chi connectivity index (χ0v) is 18.5. The number of hydrogen-bond donors (Lipinski definition) is 0. The number of thiazole rings is 1. The first-order valence-corrected chi connectivity index (χ1v) is 11.1. The van der Waals surface area contributed by atoms with E-state index in [1.807, 2.05) is 66.1 Å². The first-order chi connectivity index (χ1) is 15.2. The van der Waals surface area contributed by atoms with Crippen molar-refractivity contribution in [2.75, 3.05) is 13.2 Å². The first-order valence-electron chi connectivity index (χ1n) is 9.94. The molecule has 0 fully saturated rings. The van der Waals surface area contributed by atoms with Crippen LogP contribution in [0.25, 0.3) is 10.2 Å². The number of halogens is 1. The minimum Gasteiger partial charge on any atom is -0.457 e. The molecular weight excluding hydrogens is 432 g/mol. The zero-order valence-electron chi connectivity index (χ0n) is 17.0. The van der Waals surface area contributed by atoms with Gasteiger partial charge in [-0.05, 0) is 43.3 Å². The van der Waals surface area contributed by atoms with Crippen molar-refractivity contribution in [2.24, 2.45) is 4.99 Å². The van der Waals surface area contributed by atoms with E-state index in [1.54, 1.807) is 18.2 Å². The molecule has 0 saturated carbocycles. The molecule has 1 aromatic heterocycles. The van der Waals surface area contributed by atoms with E-state index in [2.05, 4.69) is 4.99 Å². The average Bonchev–Trinajstić information content (AvgIpc) is 3.13. The SMILES string of the molecule is CCOCCn1c(=NC(=O)c2ccccc2Oc2ccccc2)sc2cccc(Cl)c21. The number of fused-ring (bicyclic) bond motifs is 1. The van der Waals surface area contributed by atoms with Gasteiger partial charge in [-0.25, -0.2) is 0 Å². The zero-order chi connectivity index (χ0) is 21.6. The summed E-state index contributed by atoms with van der Waals surface area (Å²) in [5, 5.41) is 0.618. The van der Waals surface area contributed by atoms with Gasteiger partial charge >= 0.3 is 0 Å². The fraction of sp³-hybridized carbons (Fsp3) is 0.167. The van der Waals surface area contributed by atoms with E-state index in [1.165, 1.54) is 11.3 Å². The highest BCUT2D eigenvalue weighted by Gasteiger charge is 2.15. The topological polar surface area (TPSA) is 52.8 Å². The molecule has 31 heavy (non-hydrogen) atoms. The lowest BCUT2D eigenvalue weighted by Gasteiger charge is -2.09. The Bertz CT molecular complexity index is 1260. The van der Waals surface area contributed by atoms with Gasteiger partial charge in [-0.2, -0.15) is 4.99 Å². The number of amides is 1. The molecular formula is C24H21ClN2O3S. The third-order valence-corrected chi connectivity index (χ3v) is 5.95. The quantitative estimate of drug-likeness (QED) is 0.327. The van der Waals surface area contributed by atoms with Gasteiger partial charge in [-0.3, -0.25) is 4.79 Å². The minimum atomic E-state index is -0.376. The van der Waals surface area contributed by atoms with Crippen LogP contribution in [0.2, 0.25) is 5.02 Å². The summed E-state index contributed by atoms with van der Waals surface area (Å²) in [6.45, 7) is 3.61. The molecule has 0 atom stereocenters. The van der Waals surface area contributed by atoms with Gasteiger partial charge in [0.25, 0.3) is 5.91 Å². The van der Waals surface area contributed by atoms with Crippen molar-refractivity contribution >= 4 is 39.1 Å². The van der Waals surface area contributed by atoms with E-state index in [4.69, 9.17) is 21.1 Å². The van der Waals surface area contributed by atoms with Gasteiger partial charge in [0.15, 0.2) is 4.80 Å². The molecule has 1 heterocycles. The summed E-state index contributed by atoms with van der Waals surface area (Å²) in [5.74, 6) is 0.741. The second kappa shape index (κ2) is 9.92. The lowest BCUT2D eigenvalue weighted by atomic mass is 10.2. The van der Waals surface area contributed by atoms with Gasteiger partial charge in [-0.1, -0.05) is 59.3 Å². The summed E-state index contributed by atoms with van der Waals surface area (Å²) in [5.41, 5.74) is 1.25. The maximum Gasteiger partial charge on any atom is 0.283 e. The van der Waals surface area contributed by atoms with E-state index in [9.17, 15) is 4.79 Å². The molecule has 0 unspecified atom stereocenters. The molecule has 158 valence electrons. The van der Waals surface area contributed by atoms with Crippen LogP contribution in [-0.4, -0.2) is 23.7 Å². The van der Waals surface area contributed by atoms with Crippen LogP contribution in [0.4, 0.5) is 0 Å². The summed E-state index contributed by atoms with van der Waals surface area (Å²) in [6, 6.07) is 22.2. The third kappa shape index (κ3) is 4.88. The average molecular weight is 453 g/mol. The van der Waals surface area contributed by atoms with Crippen molar-refractivity contribution in [3.05, 3.63) is 88.2 Å². The number of aromatic nitrogens is 1. The number of ether oxygens (including phenoxy) is 2. The second-order valence-electron chi connectivity index (χ2n) is 6.65. The number of benzene rings is 3. The maximum atomic E-state index is 13.2. The van der Waals surface area contributed by atoms with Gasteiger partial charge in [0.05, 0.1) is 27.4 Å². The Balaban J connectivity index is 1.75. The van der Waals surface area contributed by atoms with Crippen LogP contribution in [0.5, 0.6) is 11.5 Å². The van der Waals surface area contributed by atoms with E-state index < -0.39 is 0 Å². The molecule has 4 rings (SSSR count). The van der Waals surface area contributed by atoms with E-state index in [0.717, 1.165) is 10.2 Å². The largest absolute Gasteiger partial charge is 0.457 e. The summed E-state index contributed by atoms with van der Waals surface area (Å²) in [7, 11) is 0. The molecule has 5 nitrogen and oxygen atoms in total. The monoisotopic (exact) mass is 452 g/mol. The van der Waals surface area contributed by atoms with Crippen LogP contribution in [0.1, 0.15) is 17.3 Å². The predicted molar refractivity (Wildman–Crippen MR) is 124 cm³/mol. The van der Waals surface area contributed by atoms with E-state index >= 15 is 0 Å². The number of para-hydroxylation sites is 3. The highest BCUT2D eigenvalue weighted by molar-refractivity contribution is 7.16. The molecule has 4 aromatic rings. The highest BCUT2D eigenvalue weighted by Crippen LogP contribution is 2.27. The maximum absolute atomic E-state index is 13.2. The smallest absolute Gasteiger partial charge is 0.283 e. The van der Waals surface area contributed by atoms with E-state index in [0.29, 0.717) is 46.6 Å². The molecule has 0 saturated heterocycles. The van der Waals surface area contributed by atoms with Crippen LogP contribution in [0.15, 0.2) is 77.8 Å². The minimum absolute atomic E-state index is 0.376. The lowest BCUT2D eigenvalue weighted by molar-refractivity contribution is 0.0994. The predicted octanol–water partition coefficient (Wildman–Crippen LogP) is 5.93. The Hall–Kier alpha value is -2.93. The fourth-order valence-electron chi connectivity index (χ4n) is 3.17. The Morgan fingerprint density at radius 2 is 1.81 bits per heavy atom. The van der Waals surface area contributed by atoms with Gasteiger partial charge in [0.2, 0.25) is 0 Å². The van der Waals surface area contributed by atoms with Gasteiger partial charge < -0.3 is 14.0 Å². The van der Waals surface area contributed by atoms with Gasteiger partial charge in [-0.15, -0.1) is 0 Å². The van der Waals surface area contributed by atoms with Crippen molar-refractivity contribution in [3.63, 3.8) is 0 Å². The van der Waals surface area contributed by atoms with Gasteiger partial charge in [0, 0.05) is 13.2 Å². The number of nitrogens with zero attached hydrogens (tertiary/aromatic N) is 2. The highest BCUT2D eigenvalue weighted by atomic mass is 35.5. The van der Waals surface area contributed by atoms with Crippen molar-refractivity contribution in [1.29, 1.82) is 0 Å². The summed E-state index contributed by atoms with van der Waals surface area (Å²) in [4.78, 5) is 18.2. The molecule has 0 aliphatic rings. The molecule has 0 radical (unpaired) electrons. The first kappa shape index (κ1) is 21.3.